The van der Waals surface area contributed by atoms with Crippen LogP contribution in [0.2, 0.25) is 5.52 Å². The van der Waals surface area contributed by atoms with Crippen molar-refractivity contribution in [2.24, 2.45) is 0 Å². The molecular weight excluding hydrogens is 157 g/mol. The second-order valence-corrected chi connectivity index (χ2v) is 6.88. The Morgan fingerprint density at radius 3 is 2.50 bits per heavy atom. The maximum absolute atomic E-state index is 5.33. The Bertz CT molecular complexity index is 49.7. The van der Waals surface area contributed by atoms with E-state index >= 15 is 0 Å². The van der Waals surface area contributed by atoms with Crippen LogP contribution < -0.4 is 0 Å². The molecule has 0 aromatic carbocycles. The Balaban J connectivity index is 2.86. The van der Waals surface area contributed by atoms with Gasteiger partial charge in [0.1, 0.15) is 0 Å². The van der Waals surface area contributed by atoms with Crippen LogP contribution in [0, 0.1) is 0 Å². The van der Waals surface area contributed by atoms with Gasteiger partial charge in [-0.1, -0.05) is 0 Å². The van der Waals surface area contributed by atoms with Crippen LogP contribution in [0.3, 0.4) is 0 Å². The molecule has 0 rings (SSSR count). The molecule has 0 N–H and O–H groups in total. The van der Waals surface area contributed by atoms with Crippen LogP contribution >= 0.6 is 0 Å². The van der Waals surface area contributed by atoms with Crippen molar-refractivity contribution in [3.8, 4) is 0 Å². The quantitative estimate of drug-likeness (QED) is 0.596. The summed E-state index contributed by atoms with van der Waals surface area (Å²) in [7, 11) is 1.73. The van der Waals surface area contributed by atoms with Gasteiger partial charge in [0.25, 0.3) is 0 Å². The van der Waals surface area contributed by atoms with Crippen LogP contribution in [0.5, 0.6) is 0 Å². The molecule has 0 saturated carbocycles. The predicted molar refractivity (Wildman–Crippen MR) is 29.1 cm³/mol. The monoisotopic (exact) mass is 169 g/mol. The van der Waals surface area contributed by atoms with E-state index in [0.717, 1.165) is 13.0 Å². The topological polar surface area (TPSA) is 18.5 Å². The zero-order valence-corrected chi connectivity index (χ0v) is 8.90. The molecule has 47 valence electrons. The van der Waals surface area contributed by atoms with Crippen LogP contribution in [0.25, 0.3) is 0 Å². The first-order valence-corrected chi connectivity index (χ1v) is 8.58. The van der Waals surface area contributed by atoms with Gasteiger partial charge in [-0.25, -0.2) is 0 Å². The molecule has 3 heteroatoms. The van der Waals surface area contributed by atoms with Gasteiger partial charge >= 0.3 is 56.4 Å². The molecule has 0 atom stereocenters. The van der Waals surface area contributed by atoms with E-state index in [-0.39, 0.29) is 0 Å². The molecule has 0 spiro atoms. The predicted octanol–water partition coefficient (Wildman–Crippen LogP) is 1.56. The summed E-state index contributed by atoms with van der Waals surface area (Å²) in [5.41, 5.74) is 2.09. The first kappa shape index (κ1) is 8.54. The van der Waals surface area contributed by atoms with Crippen molar-refractivity contribution >= 4 is 0 Å². The van der Waals surface area contributed by atoms with Gasteiger partial charge in [-0.15, -0.1) is 0 Å². The fraction of sp³-hybridized carbons (Fsp3) is 1.00. The van der Waals surface area contributed by atoms with Crippen molar-refractivity contribution in [2.45, 2.75) is 18.9 Å². The Morgan fingerprint density at radius 2 is 2.12 bits per heavy atom. The first-order chi connectivity index (χ1) is 3.81. The Hall–Kier alpha value is 0.543. The zero-order chi connectivity index (χ0) is 6.41. The van der Waals surface area contributed by atoms with Gasteiger partial charge in [-0.3, -0.25) is 0 Å². The second-order valence-electron chi connectivity index (χ2n) is 1.89. The summed E-state index contributed by atoms with van der Waals surface area (Å²) in [6.45, 7) is 2.98. The van der Waals surface area contributed by atoms with Crippen LogP contribution in [-0.2, 0) is 23.8 Å². The summed E-state index contributed by atoms with van der Waals surface area (Å²) in [4.78, 5) is 0. The normalized spacial score (nSPS) is 9.38. The summed E-state index contributed by atoms with van der Waals surface area (Å²) in [6.07, 6.45) is 1.10. The molecule has 0 saturated heterocycles. The molecule has 0 aromatic heterocycles. The van der Waals surface area contributed by atoms with E-state index in [1.807, 2.05) is 0 Å². The van der Waals surface area contributed by atoms with Crippen molar-refractivity contribution in [1.29, 1.82) is 0 Å². The molecule has 0 aliphatic carbocycles. The van der Waals surface area contributed by atoms with Crippen molar-refractivity contribution < 1.29 is 23.8 Å². The molecule has 8 heavy (non-hydrogen) atoms. The van der Waals surface area contributed by atoms with Gasteiger partial charge in [0, 0.05) is 0 Å². The number of rotatable bonds is 4. The Morgan fingerprint density at radius 1 is 1.50 bits per heavy atom. The molecule has 0 unspecified atom stereocenters. The van der Waals surface area contributed by atoms with Crippen molar-refractivity contribution in [3.05, 3.63) is 0 Å². The van der Waals surface area contributed by atoms with Crippen molar-refractivity contribution in [1.82, 2.24) is 0 Å². The summed E-state index contributed by atoms with van der Waals surface area (Å²) >= 11 is -1.78. The van der Waals surface area contributed by atoms with E-state index in [4.69, 9.17) is 7.13 Å². The Kier molecular flexibility index (Phi) is 6.06. The summed E-state index contributed by atoms with van der Waals surface area (Å²) < 4.78 is 10.4. The first-order valence-electron chi connectivity index (χ1n) is 3.19. The molecule has 0 bridgehead atoms. The third-order valence-corrected chi connectivity index (χ3v) is 4.56. The van der Waals surface area contributed by atoms with Gasteiger partial charge in [0.15, 0.2) is 0 Å². The fourth-order valence-electron chi connectivity index (χ4n) is 0.431. The van der Waals surface area contributed by atoms with E-state index in [1.54, 1.807) is 7.11 Å². The van der Waals surface area contributed by atoms with E-state index in [9.17, 15) is 0 Å². The minimum atomic E-state index is -1.78. The van der Waals surface area contributed by atoms with Gasteiger partial charge < -0.3 is 0 Å². The number of hydrogen-bond donors (Lipinski definition) is 0. The molecule has 0 aromatic rings. The van der Waals surface area contributed by atoms with E-state index in [0.29, 0.717) is 0 Å². The SMILES string of the molecule is CCC[O][Zn]([CH3])[O]C. The van der Waals surface area contributed by atoms with Crippen molar-refractivity contribution in [3.63, 3.8) is 0 Å². The van der Waals surface area contributed by atoms with Crippen LogP contribution in [0.15, 0.2) is 0 Å². The third kappa shape index (κ3) is 4.70. The molecule has 2 nitrogen and oxygen atoms in total. The minimum absolute atomic E-state index is 0.879. The molecule has 0 heterocycles. The maximum atomic E-state index is 5.33. The van der Waals surface area contributed by atoms with Gasteiger partial charge in [0.05, 0.1) is 0 Å². The molecule has 0 fully saturated rings. The molecule has 0 radical (unpaired) electrons. The van der Waals surface area contributed by atoms with Gasteiger partial charge in [0.2, 0.25) is 0 Å². The van der Waals surface area contributed by atoms with Gasteiger partial charge in [-0.2, -0.15) is 0 Å². The van der Waals surface area contributed by atoms with Crippen molar-refractivity contribution in [2.75, 3.05) is 13.7 Å². The van der Waals surface area contributed by atoms with Gasteiger partial charge in [-0.05, 0) is 0 Å². The third-order valence-electron chi connectivity index (χ3n) is 1.04. The molecular formula is C5H13O2Zn. The Labute approximate surface area is 56.9 Å². The standard InChI is InChI=1S/C3H7O.CH3O.CH3.Zn/c1-2-3-4;1-2;;/h2-3H2,1H3;1H3;1H3;/q2*-1;;+2. The summed E-state index contributed by atoms with van der Waals surface area (Å²) in [6, 6.07) is 0. The van der Waals surface area contributed by atoms with E-state index < -0.39 is 16.7 Å². The molecule has 0 aliphatic rings. The van der Waals surface area contributed by atoms with Crippen LogP contribution in [0.1, 0.15) is 13.3 Å². The van der Waals surface area contributed by atoms with Crippen LogP contribution in [-0.4, -0.2) is 13.7 Å². The summed E-state index contributed by atoms with van der Waals surface area (Å²) in [5.74, 6) is 0. The second kappa shape index (κ2) is 5.68. The average molecular weight is 171 g/mol. The van der Waals surface area contributed by atoms with E-state index in [2.05, 4.69) is 12.4 Å². The summed E-state index contributed by atoms with van der Waals surface area (Å²) in [5, 5.41) is 0. The fourth-order valence-corrected chi connectivity index (χ4v) is 2.24. The number of hydrogen-bond acceptors (Lipinski definition) is 2. The van der Waals surface area contributed by atoms with Crippen LogP contribution in [0.4, 0.5) is 0 Å². The molecule has 0 amide bonds. The molecule has 0 aliphatic heterocycles. The van der Waals surface area contributed by atoms with E-state index in [1.165, 1.54) is 0 Å². The zero-order valence-electron chi connectivity index (χ0n) is 5.94. The average Bonchev–Trinajstić information content (AvgIpc) is 1.83.